The van der Waals surface area contributed by atoms with Crippen LogP contribution in [0.15, 0.2) is 48.2 Å². The summed E-state index contributed by atoms with van der Waals surface area (Å²) in [5.41, 5.74) is 4.82. The third kappa shape index (κ3) is 3.03. The zero-order valence-electron chi connectivity index (χ0n) is 17.0. The molecule has 0 unspecified atom stereocenters. The molecule has 2 aliphatic heterocycles. The number of esters is 1. The third-order valence-electron chi connectivity index (χ3n) is 5.63. The van der Waals surface area contributed by atoms with Crippen LogP contribution in [0.4, 0.5) is 0 Å². The number of Topliss-reactive ketones (excluding diaryl/α,β-unsaturated/α-hetero) is 1. The van der Waals surface area contributed by atoms with Crippen LogP contribution in [0.5, 0.6) is 5.75 Å². The number of nitrogens with two attached hydrogens (primary N) is 1. The quantitative estimate of drug-likeness (QED) is 0.705. The number of allylic oxidation sites excluding steroid dienone is 2. The van der Waals surface area contributed by atoms with E-state index >= 15 is 0 Å². The minimum atomic E-state index is -1.78. The van der Waals surface area contributed by atoms with Gasteiger partial charge in [-0.25, -0.2) is 0 Å². The molecule has 1 fully saturated rings. The highest BCUT2D eigenvalue weighted by atomic mass is 16.5. The molecule has 1 saturated heterocycles. The fraction of sp³-hybridized carbons (Fsp3) is 0.364. The van der Waals surface area contributed by atoms with Gasteiger partial charge in [0.1, 0.15) is 11.8 Å². The van der Waals surface area contributed by atoms with Gasteiger partial charge in [0, 0.05) is 23.3 Å². The van der Waals surface area contributed by atoms with Gasteiger partial charge in [-0.15, -0.1) is 0 Å². The molecular weight excluding hydrogens is 386 g/mol. The predicted octanol–water partition coefficient (Wildman–Crippen LogP) is 1.43. The van der Waals surface area contributed by atoms with Gasteiger partial charge in [0.25, 0.3) is 0 Å². The van der Waals surface area contributed by atoms with Crippen LogP contribution in [0.25, 0.3) is 0 Å². The molecule has 1 amide bonds. The van der Waals surface area contributed by atoms with Crippen molar-refractivity contribution in [2.24, 2.45) is 11.1 Å². The molecule has 156 valence electrons. The number of nitriles is 1. The maximum Gasteiger partial charge on any atom is 0.329 e. The Morgan fingerprint density at radius 3 is 2.57 bits per heavy atom. The third-order valence-corrected chi connectivity index (χ3v) is 5.63. The Bertz CT molecular complexity index is 993. The summed E-state index contributed by atoms with van der Waals surface area (Å²) in [4.78, 5) is 39.3. The number of rotatable bonds is 6. The van der Waals surface area contributed by atoms with E-state index < -0.39 is 35.3 Å². The maximum atomic E-state index is 13.2. The van der Waals surface area contributed by atoms with E-state index in [1.807, 2.05) is 0 Å². The largest absolute Gasteiger partial charge is 0.496 e. The molecule has 0 bridgehead atoms. The monoisotopic (exact) mass is 409 g/mol. The van der Waals surface area contributed by atoms with Gasteiger partial charge in [0.2, 0.25) is 5.91 Å². The number of ketones is 1. The van der Waals surface area contributed by atoms with E-state index in [9.17, 15) is 19.6 Å². The minimum absolute atomic E-state index is 0.0626. The van der Waals surface area contributed by atoms with Crippen LogP contribution in [0.1, 0.15) is 25.3 Å². The van der Waals surface area contributed by atoms with Crippen LogP contribution in [0.2, 0.25) is 0 Å². The fourth-order valence-electron chi connectivity index (χ4n) is 4.36. The lowest BCUT2D eigenvalue weighted by Gasteiger charge is -2.32. The van der Waals surface area contributed by atoms with E-state index in [1.165, 1.54) is 25.1 Å². The van der Waals surface area contributed by atoms with Gasteiger partial charge in [-0.05, 0) is 19.9 Å². The zero-order chi connectivity index (χ0) is 22.1. The van der Waals surface area contributed by atoms with E-state index in [4.69, 9.17) is 15.2 Å². The summed E-state index contributed by atoms with van der Waals surface area (Å²) in [7, 11) is 1.46. The van der Waals surface area contributed by atoms with Crippen LogP contribution in [0.3, 0.4) is 0 Å². The molecule has 0 aromatic heterocycles. The predicted molar refractivity (Wildman–Crippen MR) is 107 cm³/mol. The number of ether oxygens (including phenoxy) is 2. The Hall–Kier alpha value is -3.60. The Kier molecular flexibility index (Phi) is 5.65. The first-order valence-corrected chi connectivity index (χ1v) is 9.52. The van der Waals surface area contributed by atoms with Crippen LogP contribution in [-0.2, 0) is 19.1 Å². The number of amides is 1. The van der Waals surface area contributed by atoms with Crippen LogP contribution < -0.4 is 10.5 Å². The minimum Gasteiger partial charge on any atom is -0.496 e. The Labute approximate surface area is 174 Å². The van der Waals surface area contributed by atoms with Crippen LogP contribution in [-0.4, -0.2) is 48.4 Å². The number of benzene rings is 1. The molecular formula is C22H23N3O5. The Balaban J connectivity index is 2.33. The van der Waals surface area contributed by atoms with Gasteiger partial charge in [0.05, 0.1) is 25.8 Å². The van der Waals surface area contributed by atoms with Crippen molar-refractivity contribution in [2.75, 3.05) is 13.7 Å². The molecule has 0 saturated carbocycles. The van der Waals surface area contributed by atoms with Gasteiger partial charge in [0.15, 0.2) is 11.2 Å². The summed E-state index contributed by atoms with van der Waals surface area (Å²) in [6, 6.07) is 7.08. The van der Waals surface area contributed by atoms with Crippen molar-refractivity contribution >= 4 is 17.7 Å². The van der Waals surface area contributed by atoms with Crippen molar-refractivity contribution in [3.63, 3.8) is 0 Å². The number of methoxy groups -OCH3 is 1. The molecule has 30 heavy (non-hydrogen) atoms. The van der Waals surface area contributed by atoms with E-state index in [0.717, 1.165) is 0 Å². The molecule has 0 radical (unpaired) electrons. The van der Waals surface area contributed by atoms with Crippen molar-refractivity contribution in [3.05, 3.63) is 53.8 Å². The number of fused-ring (bicyclic) bond motifs is 1. The summed E-state index contributed by atoms with van der Waals surface area (Å²) < 4.78 is 10.8. The number of nitrogens with zero attached hydrogens (tertiary/aromatic N) is 2. The number of primary amides is 1. The number of hydrogen-bond acceptors (Lipinski definition) is 7. The lowest BCUT2D eigenvalue weighted by atomic mass is 9.68. The second-order valence-electron chi connectivity index (χ2n) is 7.16. The average molecular weight is 409 g/mol. The second kappa shape index (κ2) is 8.03. The van der Waals surface area contributed by atoms with Gasteiger partial charge in [-0.3, -0.25) is 14.4 Å². The molecule has 2 heterocycles. The highest BCUT2D eigenvalue weighted by Gasteiger charge is 2.66. The highest BCUT2D eigenvalue weighted by molar-refractivity contribution is 5.97. The van der Waals surface area contributed by atoms with E-state index in [2.05, 4.69) is 6.07 Å². The molecule has 8 heteroatoms. The SMILES string of the molecule is CCOC(=O)[C@]1(C#N)[C@H](c2ccccc2OC)[C@@H](C(N)=O)N2C=C(C(C)=O)C=C[C@@H]21. The summed E-state index contributed by atoms with van der Waals surface area (Å²) in [5, 5.41) is 10.3. The van der Waals surface area contributed by atoms with Crippen molar-refractivity contribution in [1.29, 1.82) is 5.26 Å². The molecule has 1 aromatic rings. The number of carbonyl (C=O) groups is 3. The average Bonchev–Trinajstić information content (AvgIpc) is 3.04. The maximum absolute atomic E-state index is 13.2. The van der Waals surface area contributed by atoms with Crippen molar-refractivity contribution in [3.8, 4) is 11.8 Å². The van der Waals surface area contributed by atoms with Gasteiger partial charge < -0.3 is 20.1 Å². The van der Waals surface area contributed by atoms with Crippen molar-refractivity contribution < 1.29 is 23.9 Å². The molecule has 2 aliphatic rings. The topological polar surface area (TPSA) is 123 Å². The zero-order valence-corrected chi connectivity index (χ0v) is 17.0. The smallest absolute Gasteiger partial charge is 0.329 e. The number of carbonyl (C=O) groups excluding carboxylic acids is 3. The van der Waals surface area contributed by atoms with Crippen molar-refractivity contribution in [2.45, 2.75) is 31.8 Å². The summed E-state index contributed by atoms with van der Waals surface area (Å²) in [5.74, 6) is -2.27. The van der Waals surface area contributed by atoms with E-state index in [1.54, 1.807) is 43.3 Å². The van der Waals surface area contributed by atoms with Gasteiger partial charge in [-0.1, -0.05) is 30.4 Å². The summed E-state index contributed by atoms with van der Waals surface area (Å²) >= 11 is 0. The fourth-order valence-corrected chi connectivity index (χ4v) is 4.36. The van der Waals surface area contributed by atoms with Crippen molar-refractivity contribution in [1.82, 2.24) is 4.90 Å². The lowest BCUT2D eigenvalue weighted by Crippen LogP contribution is -2.45. The molecule has 8 nitrogen and oxygen atoms in total. The first-order valence-electron chi connectivity index (χ1n) is 9.52. The molecule has 3 rings (SSSR count). The van der Waals surface area contributed by atoms with Crippen LogP contribution >= 0.6 is 0 Å². The number of para-hydroxylation sites is 1. The van der Waals surface area contributed by atoms with E-state index in [0.29, 0.717) is 16.9 Å². The number of hydrogen-bond donors (Lipinski definition) is 1. The standard InChI is InChI=1S/C22H23N3O5/c1-4-30-21(28)22(12-23)17-10-9-14(13(2)26)11-25(17)19(20(24)27)18(22)15-7-5-6-8-16(15)29-3/h5-11,17-19H,4H2,1-3H3,(H2,24,27)/t17-,18-,19+,22+/m1/s1. The Morgan fingerprint density at radius 1 is 1.30 bits per heavy atom. The lowest BCUT2D eigenvalue weighted by molar-refractivity contribution is -0.153. The second-order valence-corrected chi connectivity index (χ2v) is 7.16. The molecule has 0 spiro atoms. The first-order chi connectivity index (χ1) is 14.3. The highest BCUT2D eigenvalue weighted by Crippen LogP contribution is 2.55. The molecule has 1 aromatic carbocycles. The van der Waals surface area contributed by atoms with Crippen LogP contribution in [0, 0.1) is 16.7 Å². The summed E-state index contributed by atoms with van der Waals surface area (Å²) in [6.45, 7) is 3.10. The summed E-state index contributed by atoms with van der Waals surface area (Å²) in [6.07, 6.45) is 4.63. The molecule has 2 N–H and O–H groups in total. The van der Waals surface area contributed by atoms with E-state index in [-0.39, 0.29) is 12.4 Å². The first kappa shape index (κ1) is 21.1. The van der Waals surface area contributed by atoms with Gasteiger partial charge >= 0.3 is 5.97 Å². The molecule has 0 aliphatic carbocycles. The van der Waals surface area contributed by atoms with Gasteiger partial charge in [-0.2, -0.15) is 5.26 Å². The Morgan fingerprint density at radius 2 is 2.00 bits per heavy atom. The normalized spacial score (nSPS) is 26.9. The molecule has 4 atom stereocenters.